The number of carboxylic acids is 1. The summed E-state index contributed by atoms with van der Waals surface area (Å²) in [5, 5.41) is 13.6. The van der Waals surface area contributed by atoms with E-state index in [9.17, 15) is 9.90 Å². The lowest BCUT2D eigenvalue weighted by molar-refractivity contribution is -0.00464. The standard InChI is InChI=1S/C14H19N3O2/c15-17-6-11(14(18)19)13(16-17)12-9-2-7-1-8(4-9)5-10(12)3-7/h6-10,12H,1-5,15H2,(H,18,19). The zero-order chi connectivity index (χ0) is 13.1. The zero-order valence-electron chi connectivity index (χ0n) is 10.8. The lowest BCUT2D eigenvalue weighted by Gasteiger charge is -2.54. The van der Waals surface area contributed by atoms with Crippen LogP contribution < -0.4 is 5.84 Å². The predicted octanol–water partition coefficient (Wildman–Crippen LogP) is 1.83. The lowest BCUT2D eigenvalue weighted by Crippen LogP contribution is -2.44. The number of nitrogens with zero attached hydrogens (tertiary/aromatic N) is 2. The maximum atomic E-state index is 11.4. The van der Waals surface area contributed by atoms with Gasteiger partial charge >= 0.3 is 5.97 Å². The third kappa shape index (κ3) is 1.60. The molecular formula is C14H19N3O2. The van der Waals surface area contributed by atoms with Crippen molar-refractivity contribution in [2.45, 2.75) is 38.0 Å². The molecule has 5 heteroatoms. The van der Waals surface area contributed by atoms with Crippen LogP contribution in [0.3, 0.4) is 0 Å². The van der Waals surface area contributed by atoms with Crippen LogP contribution in [0.1, 0.15) is 54.1 Å². The van der Waals surface area contributed by atoms with Crippen molar-refractivity contribution < 1.29 is 9.90 Å². The Morgan fingerprint density at radius 2 is 1.79 bits per heavy atom. The van der Waals surface area contributed by atoms with Crippen molar-refractivity contribution in [2.24, 2.45) is 23.7 Å². The lowest BCUT2D eigenvalue weighted by atomic mass is 9.51. The summed E-state index contributed by atoms with van der Waals surface area (Å²) >= 11 is 0. The first kappa shape index (κ1) is 11.3. The van der Waals surface area contributed by atoms with E-state index in [0.29, 0.717) is 23.3 Å². The maximum Gasteiger partial charge on any atom is 0.339 e. The molecule has 3 N–H and O–H groups in total. The van der Waals surface area contributed by atoms with Crippen LogP contribution in [-0.2, 0) is 0 Å². The Hall–Kier alpha value is -1.52. The van der Waals surface area contributed by atoms with Crippen LogP contribution in [-0.4, -0.2) is 21.0 Å². The molecule has 0 radical (unpaired) electrons. The second-order valence-corrected chi connectivity index (χ2v) is 6.67. The summed E-state index contributed by atoms with van der Waals surface area (Å²) in [5.41, 5.74) is 1.05. The van der Waals surface area contributed by atoms with Gasteiger partial charge in [0, 0.05) is 5.92 Å². The second kappa shape index (κ2) is 3.74. The van der Waals surface area contributed by atoms with Gasteiger partial charge in [-0.05, 0) is 55.8 Å². The van der Waals surface area contributed by atoms with Gasteiger partial charge in [-0.2, -0.15) is 9.89 Å². The van der Waals surface area contributed by atoms with Gasteiger partial charge in [-0.1, -0.05) is 0 Å². The van der Waals surface area contributed by atoms with E-state index in [-0.39, 0.29) is 0 Å². The molecule has 1 aromatic rings. The van der Waals surface area contributed by atoms with E-state index in [0.717, 1.165) is 17.5 Å². The molecule has 19 heavy (non-hydrogen) atoms. The second-order valence-electron chi connectivity index (χ2n) is 6.67. The summed E-state index contributed by atoms with van der Waals surface area (Å²) < 4.78 is 0. The minimum absolute atomic E-state index is 0.306. The Labute approximate surface area is 111 Å². The average molecular weight is 261 g/mol. The number of nitrogen functional groups attached to an aromatic ring is 1. The van der Waals surface area contributed by atoms with Gasteiger partial charge in [-0.25, -0.2) is 4.79 Å². The van der Waals surface area contributed by atoms with Gasteiger partial charge in [0.2, 0.25) is 0 Å². The minimum Gasteiger partial charge on any atom is -0.478 e. The van der Waals surface area contributed by atoms with Crippen molar-refractivity contribution in [3.63, 3.8) is 0 Å². The Bertz CT molecular complexity index is 509. The third-order valence-corrected chi connectivity index (χ3v) is 5.53. The monoisotopic (exact) mass is 261 g/mol. The van der Waals surface area contributed by atoms with E-state index in [2.05, 4.69) is 5.10 Å². The summed E-state index contributed by atoms with van der Waals surface area (Å²) in [6, 6.07) is 0. The first-order chi connectivity index (χ1) is 9.11. The number of hydrogen-bond acceptors (Lipinski definition) is 3. The van der Waals surface area contributed by atoms with Crippen LogP contribution >= 0.6 is 0 Å². The van der Waals surface area contributed by atoms with Crippen LogP contribution in [0, 0.1) is 23.7 Å². The number of rotatable bonds is 2. The molecule has 4 fully saturated rings. The van der Waals surface area contributed by atoms with Gasteiger partial charge in [0.25, 0.3) is 0 Å². The molecule has 0 spiro atoms. The first-order valence-electron chi connectivity index (χ1n) is 7.19. The Kier molecular flexibility index (Phi) is 2.23. The first-order valence-corrected chi connectivity index (χ1v) is 7.19. The van der Waals surface area contributed by atoms with E-state index in [1.807, 2.05) is 0 Å². The van der Waals surface area contributed by atoms with E-state index < -0.39 is 5.97 Å². The number of nitrogens with two attached hydrogens (primary N) is 1. The zero-order valence-corrected chi connectivity index (χ0v) is 10.8. The molecule has 1 aromatic heterocycles. The molecule has 0 atom stereocenters. The molecule has 5 nitrogen and oxygen atoms in total. The number of aromatic carboxylic acids is 1. The number of aromatic nitrogens is 2. The third-order valence-electron chi connectivity index (χ3n) is 5.53. The number of hydrogen-bond donors (Lipinski definition) is 2. The molecule has 4 saturated carbocycles. The Morgan fingerprint density at radius 3 is 2.32 bits per heavy atom. The van der Waals surface area contributed by atoms with Crippen LogP contribution in [0.5, 0.6) is 0 Å². The fourth-order valence-electron chi connectivity index (χ4n) is 5.19. The molecule has 0 saturated heterocycles. The van der Waals surface area contributed by atoms with E-state index >= 15 is 0 Å². The molecule has 0 aromatic carbocycles. The summed E-state index contributed by atoms with van der Waals surface area (Å²) in [5.74, 6) is 8.09. The normalized spacial score (nSPS) is 39.7. The van der Waals surface area contributed by atoms with Gasteiger partial charge < -0.3 is 10.9 Å². The van der Waals surface area contributed by atoms with Crippen molar-refractivity contribution in [1.82, 2.24) is 9.89 Å². The Morgan fingerprint density at radius 1 is 1.21 bits per heavy atom. The molecule has 102 valence electrons. The SMILES string of the molecule is Nn1cc(C(=O)O)c(C2C3CC4CC(C3)CC2C4)n1. The van der Waals surface area contributed by atoms with E-state index in [4.69, 9.17) is 5.84 Å². The quantitative estimate of drug-likeness (QED) is 0.796. The summed E-state index contributed by atoms with van der Waals surface area (Å²) in [6.07, 6.45) is 7.88. The van der Waals surface area contributed by atoms with Crippen molar-refractivity contribution in [2.75, 3.05) is 5.84 Å². The van der Waals surface area contributed by atoms with Crippen LogP contribution in [0.25, 0.3) is 0 Å². The molecule has 0 amide bonds. The van der Waals surface area contributed by atoms with Gasteiger partial charge in [0.05, 0.1) is 11.9 Å². The number of carboxylic acid groups (broad SMARTS) is 1. The van der Waals surface area contributed by atoms with E-state index in [1.165, 1.54) is 43.1 Å². The molecule has 4 aliphatic rings. The van der Waals surface area contributed by atoms with Gasteiger partial charge in [-0.3, -0.25) is 0 Å². The smallest absolute Gasteiger partial charge is 0.339 e. The minimum atomic E-state index is -0.902. The van der Waals surface area contributed by atoms with Gasteiger partial charge in [0.15, 0.2) is 0 Å². The van der Waals surface area contributed by atoms with Crippen molar-refractivity contribution >= 4 is 5.97 Å². The van der Waals surface area contributed by atoms with Gasteiger partial charge in [0.1, 0.15) is 5.56 Å². The average Bonchev–Trinajstić information content (AvgIpc) is 2.70. The molecule has 4 bridgehead atoms. The van der Waals surface area contributed by atoms with Crippen LogP contribution in [0.2, 0.25) is 0 Å². The molecular weight excluding hydrogens is 242 g/mol. The summed E-state index contributed by atoms with van der Waals surface area (Å²) in [4.78, 5) is 12.5. The van der Waals surface area contributed by atoms with Crippen molar-refractivity contribution in [3.05, 3.63) is 17.5 Å². The van der Waals surface area contributed by atoms with Crippen LogP contribution in [0.4, 0.5) is 0 Å². The van der Waals surface area contributed by atoms with Gasteiger partial charge in [-0.15, -0.1) is 0 Å². The topological polar surface area (TPSA) is 81.1 Å². The fourth-order valence-corrected chi connectivity index (χ4v) is 5.19. The predicted molar refractivity (Wildman–Crippen MR) is 69.1 cm³/mol. The number of carbonyl (C=O) groups is 1. The maximum absolute atomic E-state index is 11.4. The Balaban J connectivity index is 1.74. The summed E-state index contributed by atoms with van der Waals surface area (Å²) in [6.45, 7) is 0. The molecule has 4 aliphatic carbocycles. The summed E-state index contributed by atoms with van der Waals surface area (Å²) in [7, 11) is 0. The molecule has 0 unspecified atom stereocenters. The molecule has 0 aliphatic heterocycles. The highest BCUT2D eigenvalue weighted by molar-refractivity contribution is 5.88. The van der Waals surface area contributed by atoms with Crippen molar-refractivity contribution in [3.8, 4) is 0 Å². The van der Waals surface area contributed by atoms with Crippen LogP contribution in [0.15, 0.2) is 6.20 Å². The molecule has 1 heterocycles. The highest BCUT2D eigenvalue weighted by Gasteiger charge is 2.50. The molecule has 5 rings (SSSR count). The highest BCUT2D eigenvalue weighted by atomic mass is 16.4. The van der Waals surface area contributed by atoms with E-state index in [1.54, 1.807) is 0 Å². The highest BCUT2D eigenvalue weighted by Crippen LogP contribution is 2.59. The van der Waals surface area contributed by atoms with Crippen molar-refractivity contribution in [1.29, 1.82) is 0 Å². The largest absolute Gasteiger partial charge is 0.478 e. The fraction of sp³-hybridized carbons (Fsp3) is 0.714.